The van der Waals surface area contributed by atoms with Gasteiger partial charge in [0.25, 0.3) is 5.91 Å². The van der Waals surface area contributed by atoms with Gasteiger partial charge in [0.2, 0.25) is 5.75 Å². The number of amides is 1. The zero-order valence-electron chi connectivity index (χ0n) is 11.5. The maximum absolute atomic E-state index is 12.1. The number of rotatable bonds is 3. The average Bonchev–Trinajstić information content (AvgIpc) is 2.85. The molecule has 0 atom stereocenters. The van der Waals surface area contributed by atoms with Crippen LogP contribution in [-0.2, 0) is 0 Å². The molecule has 0 radical (unpaired) electrons. The molecule has 0 fully saturated rings. The molecule has 3 aromatic rings. The van der Waals surface area contributed by atoms with E-state index in [0.29, 0.717) is 11.3 Å². The van der Waals surface area contributed by atoms with Crippen LogP contribution in [0.5, 0.6) is 5.75 Å². The summed E-state index contributed by atoms with van der Waals surface area (Å²) in [7, 11) is 0. The number of carbonyl (C=O) groups excluding carboxylic acids is 1. The van der Waals surface area contributed by atoms with Gasteiger partial charge in [-0.2, -0.15) is 0 Å². The predicted octanol–water partition coefficient (Wildman–Crippen LogP) is 2.12. The fourth-order valence-corrected chi connectivity index (χ4v) is 2.05. The Morgan fingerprint density at radius 1 is 1.00 bits per heavy atom. The molecule has 0 aliphatic rings. The number of nitrogens with zero attached hydrogens (tertiary/aromatic N) is 1. The number of carbonyl (C=O) groups is 1. The molecule has 3 N–H and O–H groups in total. The summed E-state index contributed by atoms with van der Waals surface area (Å²) in [4.78, 5) is 24.1. The standard InChI is InChI=1S/C16H13N3O3/c20-13-14(17-15(21)11-7-3-1-4-8-11)18-19(16(13)22)12-9-5-2-6-10-12/h1-10,18,20H,(H,17,21). The van der Waals surface area contributed by atoms with E-state index >= 15 is 0 Å². The molecule has 0 unspecified atom stereocenters. The largest absolute Gasteiger partial charge is 0.500 e. The van der Waals surface area contributed by atoms with Crippen molar-refractivity contribution in [2.45, 2.75) is 0 Å². The van der Waals surface area contributed by atoms with Crippen LogP contribution in [0.4, 0.5) is 5.82 Å². The molecule has 0 saturated carbocycles. The molecule has 6 nitrogen and oxygen atoms in total. The molecule has 110 valence electrons. The Hall–Kier alpha value is -3.28. The van der Waals surface area contributed by atoms with Crippen molar-refractivity contribution in [3.05, 3.63) is 76.6 Å². The topological polar surface area (TPSA) is 87.1 Å². The van der Waals surface area contributed by atoms with Gasteiger partial charge in [0.1, 0.15) is 0 Å². The predicted molar refractivity (Wildman–Crippen MR) is 82.4 cm³/mol. The quantitative estimate of drug-likeness (QED) is 0.691. The van der Waals surface area contributed by atoms with E-state index in [4.69, 9.17) is 0 Å². The zero-order valence-corrected chi connectivity index (χ0v) is 11.5. The van der Waals surface area contributed by atoms with Crippen LogP contribution in [-0.4, -0.2) is 20.8 Å². The third-order valence-corrected chi connectivity index (χ3v) is 3.15. The molecule has 0 spiro atoms. The molecular formula is C16H13N3O3. The molecule has 6 heteroatoms. The number of hydrogen-bond donors (Lipinski definition) is 3. The molecule has 0 saturated heterocycles. The lowest BCUT2D eigenvalue weighted by Crippen LogP contribution is -2.13. The lowest BCUT2D eigenvalue weighted by molar-refractivity contribution is 0.102. The van der Waals surface area contributed by atoms with Crippen molar-refractivity contribution in [1.82, 2.24) is 9.78 Å². The Morgan fingerprint density at radius 3 is 2.23 bits per heavy atom. The summed E-state index contributed by atoms with van der Waals surface area (Å²) in [6.45, 7) is 0. The van der Waals surface area contributed by atoms with Crippen molar-refractivity contribution in [2.75, 3.05) is 5.32 Å². The Labute approximate surface area is 125 Å². The van der Waals surface area contributed by atoms with Crippen molar-refractivity contribution in [3.8, 4) is 11.4 Å². The number of anilines is 1. The Balaban J connectivity index is 1.93. The van der Waals surface area contributed by atoms with Crippen LogP contribution >= 0.6 is 0 Å². The second-order valence-electron chi connectivity index (χ2n) is 4.63. The van der Waals surface area contributed by atoms with Crippen LogP contribution in [0.3, 0.4) is 0 Å². The second-order valence-corrected chi connectivity index (χ2v) is 4.63. The first-order valence-corrected chi connectivity index (χ1v) is 6.62. The summed E-state index contributed by atoms with van der Waals surface area (Å²) in [5.74, 6) is -0.992. The highest BCUT2D eigenvalue weighted by Gasteiger charge is 2.16. The maximum atomic E-state index is 12.1. The number of aromatic nitrogens is 2. The van der Waals surface area contributed by atoms with Gasteiger partial charge >= 0.3 is 5.56 Å². The third-order valence-electron chi connectivity index (χ3n) is 3.15. The molecule has 0 bridgehead atoms. The number of aromatic amines is 1. The lowest BCUT2D eigenvalue weighted by atomic mass is 10.2. The molecule has 1 heterocycles. The van der Waals surface area contributed by atoms with E-state index in [1.165, 1.54) is 0 Å². The van der Waals surface area contributed by atoms with Crippen LogP contribution in [0.1, 0.15) is 10.4 Å². The Kier molecular flexibility index (Phi) is 3.49. The monoisotopic (exact) mass is 295 g/mol. The van der Waals surface area contributed by atoms with Crippen LogP contribution in [0, 0.1) is 0 Å². The summed E-state index contributed by atoms with van der Waals surface area (Å²) in [5, 5.41) is 15.1. The number of hydrogen-bond acceptors (Lipinski definition) is 3. The van der Waals surface area contributed by atoms with E-state index < -0.39 is 17.2 Å². The minimum Gasteiger partial charge on any atom is -0.500 e. The van der Waals surface area contributed by atoms with Gasteiger partial charge in [-0.1, -0.05) is 36.4 Å². The van der Waals surface area contributed by atoms with Crippen molar-refractivity contribution >= 4 is 11.7 Å². The van der Waals surface area contributed by atoms with Crippen LogP contribution < -0.4 is 10.9 Å². The zero-order chi connectivity index (χ0) is 15.5. The number of benzene rings is 2. The van der Waals surface area contributed by atoms with Crippen LogP contribution in [0.15, 0.2) is 65.5 Å². The van der Waals surface area contributed by atoms with Crippen LogP contribution in [0.2, 0.25) is 0 Å². The minimum atomic E-state index is -0.630. The van der Waals surface area contributed by atoms with E-state index in [1.54, 1.807) is 54.6 Å². The number of H-pyrrole nitrogens is 1. The Bertz CT molecular complexity index is 851. The number of para-hydroxylation sites is 1. The highest BCUT2D eigenvalue weighted by Crippen LogP contribution is 2.18. The molecule has 1 aromatic heterocycles. The van der Waals surface area contributed by atoms with Gasteiger partial charge in [-0.3, -0.25) is 14.7 Å². The molecule has 2 aromatic carbocycles. The van der Waals surface area contributed by atoms with Gasteiger partial charge in [-0.25, -0.2) is 4.68 Å². The normalized spacial score (nSPS) is 10.4. The summed E-state index contributed by atoms with van der Waals surface area (Å²) >= 11 is 0. The van der Waals surface area contributed by atoms with Crippen molar-refractivity contribution in [3.63, 3.8) is 0 Å². The Morgan fingerprint density at radius 2 is 1.59 bits per heavy atom. The number of nitrogens with one attached hydrogen (secondary N) is 2. The van der Waals surface area contributed by atoms with Crippen molar-refractivity contribution < 1.29 is 9.90 Å². The smallest absolute Gasteiger partial charge is 0.315 e. The molecular weight excluding hydrogens is 282 g/mol. The van der Waals surface area contributed by atoms with Crippen LogP contribution in [0.25, 0.3) is 5.69 Å². The SMILES string of the molecule is O=C(Nc1[nH]n(-c2ccccc2)c(=O)c1O)c1ccccc1. The highest BCUT2D eigenvalue weighted by molar-refractivity contribution is 6.04. The summed E-state index contributed by atoms with van der Waals surface area (Å²) in [6, 6.07) is 17.3. The van der Waals surface area contributed by atoms with Gasteiger partial charge in [0.05, 0.1) is 5.69 Å². The summed E-state index contributed by atoms with van der Waals surface area (Å²) in [6.07, 6.45) is 0. The first-order valence-electron chi connectivity index (χ1n) is 6.62. The third kappa shape index (κ3) is 2.49. The molecule has 1 amide bonds. The van der Waals surface area contributed by atoms with E-state index in [2.05, 4.69) is 10.4 Å². The van der Waals surface area contributed by atoms with Gasteiger partial charge in [0.15, 0.2) is 5.82 Å². The molecule has 0 aliphatic heterocycles. The van der Waals surface area contributed by atoms with Gasteiger partial charge in [-0.15, -0.1) is 0 Å². The average molecular weight is 295 g/mol. The summed E-state index contributed by atoms with van der Waals surface area (Å²) in [5.41, 5.74) is 0.354. The van der Waals surface area contributed by atoms with E-state index in [9.17, 15) is 14.7 Å². The van der Waals surface area contributed by atoms with Crippen molar-refractivity contribution in [2.24, 2.45) is 0 Å². The summed E-state index contributed by atoms with van der Waals surface area (Å²) < 4.78 is 1.16. The fraction of sp³-hybridized carbons (Fsp3) is 0. The van der Waals surface area contributed by atoms with Gasteiger partial charge < -0.3 is 10.4 Å². The molecule has 22 heavy (non-hydrogen) atoms. The lowest BCUT2D eigenvalue weighted by Gasteiger charge is -2.03. The first kappa shape index (κ1) is 13.7. The first-order chi connectivity index (χ1) is 10.7. The molecule has 3 rings (SSSR count). The van der Waals surface area contributed by atoms with E-state index in [1.807, 2.05) is 6.07 Å². The van der Waals surface area contributed by atoms with Crippen molar-refractivity contribution in [1.29, 1.82) is 0 Å². The highest BCUT2D eigenvalue weighted by atomic mass is 16.3. The van der Waals surface area contributed by atoms with E-state index in [0.717, 1.165) is 4.68 Å². The van der Waals surface area contributed by atoms with E-state index in [-0.39, 0.29) is 5.82 Å². The van der Waals surface area contributed by atoms with Gasteiger partial charge in [0, 0.05) is 5.56 Å². The number of aromatic hydroxyl groups is 1. The fourth-order valence-electron chi connectivity index (χ4n) is 2.05. The molecule has 0 aliphatic carbocycles. The second kappa shape index (κ2) is 5.61. The maximum Gasteiger partial charge on any atom is 0.315 e. The minimum absolute atomic E-state index is 0.0392. The van der Waals surface area contributed by atoms with Gasteiger partial charge in [-0.05, 0) is 24.3 Å².